The SMILES string of the molecule is C#CCOCCOCCOCCOCCOCCOCCOCCOCCNC(=O)Cc1c(C)c2ccc(N)cc2oc1=O. The summed E-state index contributed by atoms with van der Waals surface area (Å²) in [7, 11) is 0. The summed E-state index contributed by atoms with van der Waals surface area (Å²) in [5.74, 6) is 2.10. The molecule has 13 nitrogen and oxygen atoms in total. The summed E-state index contributed by atoms with van der Waals surface area (Å²) in [6.07, 6.45) is 5.00. The second-order valence-corrected chi connectivity index (χ2v) is 9.32. The molecule has 1 aromatic heterocycles. The zero-order chi connectivity index (χ0) is 31.7. The van der Waals surface area contributed by atoms with Gasteiger partial charge in [-0.2, -0.15) is 0 Å². The van der Waals surface area contributed by atoms with Gasteiger partial charge in [0.2, 0.25) is 5.91 Å². The third-order valence-electron chi connectivity index (χ3n) is 6.01. The van der Waals surface area contributed by atoms with Crippen molar-refractivity contribution in [3.05, 3.63) is 39.7 Å². The quantitative estimate of drug-likeness (QED) is 0.0634. The zero-order valence-corrected chi connectivity index (χ0v) is 25.6. The van der Waals surface area contributed by atoms with E-state index in [9.17, 15) is 9.59 Å². The second kappa shape index (κ2) is 24.3. The first-order chi connectivity index (χ1) is 21.5. The van der Waals surface area contributed by atoms with Gasteiger partial charge in [0.1, 0.15) is 12.2 Å². The lowest BCUT2D eigenvalue weighted by Crippen LogP contribution is -2.30. The molecule has 1 heterocycles. The third kappa shape index (κ3) is 16.7. The maximum atomic E-state index is 12.3. The Morgan fingerprint density at radius 2 is 1.23 bits per heavy atom. The summed E-state index contributed by atoms with van der Waals surface area (Å²) in [6, 6.07) is 5.10. The molecule has 1 aromatic carbocycles. The number of rotatable bonds is 27. The molecule has 2 rings (SSSR count). The lowest BCUT2D eigenvalue weighted by atomic mass is 10.0. The molecule has 0 aliphatic rings. The van der Waals surface area contributed by atoms with Crippen molar-refractivity contribution in [2.45, 2.75) is 13.3 Å². The molecule has 44 heavy (non-hydrogen) atoms. The van der Waals surface area contributed by atoms with E-state index in [1.807, 2.05) is 0 Å². The van der Waals surface area contributed by atoms with Gasteiger partial charge in [-0.3, -0.25) is 4.79 Å². The number of benzene rings is 1. The molecule has 0 saturated heterocycles. The van der Waals surface area contributed by atoms with Gasteiger partial charge in [-0.15, -0.1) is 6.42 Å². The first-order valence-electron chi connectivity index (χ1n) is 14.7. The number of amides is 1. The van der Waals surface area contributed by atoms with Gasteiger partial charge in [-0.05, 0) is 24.6 Å². The van der Waals surface area contributed by atoms with Crippen molar-refractivity contribution in [2.24, 2.45) is 0 Å². The van der Waals surface area contributed by atoms with Crippen molar-refractivity contribution in [3.8, 4) is 12.3 Å². The van der Waals surface area contributed by atoms with E-state index in [-0.39, 0.29) is 12.3 Å². The number of carbonyl (C=O) groups excluding carboxylic acids is 1. The lowest BCUT2D eigenvalue weighted by Gasteiger charge is -2.10. The van der Waals surface area contributed by atoms with Crippen LogP contribution in [0.2, 0.25) is 0 Å². The van der Waals surface area contributed by atoms with Gasteiger partial charge in [0.05, 0.1) is 111 Å². The number of ether oxygens (including phenoxy) is 8. The Bertz CT molecular complexity index is 1170. The Morgan fingerprint density at radius 1 is 0.773 bits per heavy atom. The van der Waals surface area contributed by atoms with Crippen LogP contribution in [0.5, 0.6) is 0 Å². The van der Waals surface area contributed by atoms with Gasteiger partial charge in [0, 0.05) is 23.7 Å². The van der Waals surface area contributed by atoms with Gasteiger partial charge in [0.15, 0.2) is 0 Å². The monoisotopic (exact) mass is 622 g/mol. The normalized spacial score (nSPS) is 11.2. The number of anilines is 1. The van der Waals surface area contributed by atoms with Crippen molar-refractivity contribution in [1.29, 1.82) is 0 Å². The number of nitrogens with one attached hydrogen (secondary N) is 1. The minimum absolute atomic E-state index is 0.0738. The van der Waals surface area contributed by atoms with E-state index in [2.05, 4.69) is 11.2 Å². The van der Waals surface area contributed by atoms with Crippen molar-refractivity contribution >= 4 is 22.6 Å². The molecular formula is C31H46N2O11. The fourth-order valence-electron chi connectivity index (χ4n) is 3.77. The third-order valence-corrected chi connectivity index (χ3v) is 6.01. The van der Waals surface area contributed by atoms with Crippen LogP contribution in [-0.4, -0.2) is 118 Å². The van der Waals surface area contributed by atoms with Crippen LogP contribution in [0.1, 0.15) is 11.1 Å². The van der Waals surface area contributed by atoms with E-state index >= 15 is 0 Å². The van der Waals surface area contributed by atoms with Crippen molar-refractivity contribution < 1.29 is 47.1 Å². The molecule has 0 aliphatic heterocycles. The minimum atomic E-state index is -0.540. The Labute approximate surface area is 258 Å². The Morgan fingerprint density at radius 3 is 1.70 bits per heavy atom. The highest BCUT2D eigenvalue weighted by atomic mass is 16.6. The summed E-state index contributed by atoms with van der Waals surface area (Å²) in [4.78, 5) is 24.6. The minimum Gasteiger partial charge on any atom is -0.422 e. The topological polar surface area (TPSA) is 159 Å². The number of fused-ring (bicyclic) bond motifs is 1. The van der Waals surface area contributed by atoms with Crippen molar-refractivity contribution in [3.63, 3.8) is 0 Å². The van der Waals surface area contributed by atoms with E-state index in [0.29, 0.717) is 135 Å². The number of terminal acetylenes is 1. The van der Waals surface area contributed by atoms with Crippen molar-refractivity contribution in [2.75, 3.05) is 118 Å². The molecule has 0 radical (unpaired) electrons. The number of nitrogen functional groups attached to an aromatic ring is 1. The average molecular weight is 623 g/mol. The smallest absolute Gasteiger partial charge is 0.340 e. The molecule has 246 valence electrons. The molecule has 0 atom stereocenters. The van der Waals surface area contributed by atoms with Gasteiger partial charge < -0.3 is 53.4 Å². The standard InChI is InChI=1S/C31H46N2O11/c1-3-7-36-9-11-38-13-15-40-17-19-42-21-22-43-20-18-41-16-14-39-12-10-37-8-6-33-30(34)24-28-25(2)27-5-4-26(32)23-29(27)44-31(28)35/h1,4-5,23H,6-22,24,32H2,2H3,(H,33,34). The first kappa shape index (κ1) is 37.1. The van der Waals surface area contributed by atoms with Crippen LogP contribution < -0.4 is 16.7 Å². The van der Waals surface area contributed by atoms with Crippen LogP contribution in [0.3, 0.4) is 0 Å². The lowest BCUT2D eigenvalue weighted by molar-refractivity contribution is -0.120. The highest BCUT2D eigenvalue weighted by molar-refractivity contribution is 5.86. The van der Waals surface area contributed by atoms with Gasteiger partial charge in [-0.25, -0.2) is 4.79 Å². The molecule has 2 aromatic rings. The summed E-state index contributed by atoms with van der Waals surface area (Å²) >= 11 is 0. The molecule has 1 amide bonds. The van der Waals surface area contributed by atoms with Crippen LogP contribution in [0.4, 0.5) is 5.69 Å². The highest BCUT2D eigenvalue weighted by Crippen LogP contribution is 2.21. The largest absolute Gasteiger partial charge is 0.422 e. The molecule has 0 aliphatic carbocycles. The van der Waals surface area contributed by atoms with E-state index in [4.69, 9.17) is 54.5 Å². The second-order valence-electron chi connectivity index (χ2n) is 9.32. The van der Waals surface area contributed by atoms with E-state index in [0.717, 1.165) is 5.39 Å². The predicted octanol–water partition coefficient (Wildman–Crippen LogP) is 1.11. The molecule has 0 saturated carbocycles. The molecule has 3 N–H and O–H groups in total. The van der Waals surface area contributed by atoms with Gasteiger partial charge >= 0.3 is 5.63 Å². The first-order valence-corrected chi connectivity index (χ1v) is 14.7. The summed E-state index contributed by atoms with van der Waals surface area (Å²) in [5.41, 5.74) is 7.15. The Balaban J connectivity index is 1.31. The van der Waals surface area contributed by atoms with Crippen LogP contribution in [0.25, 0.3) is 11.0 Å². The predicted molar refractivity (Wildman–Crippen MR) is 164 cm³/mol. The Kier molecular flexibility index (Phi) is 20.5. The van der Waals surface area contributed by atoms with Crippen LogP contribution in [0.15, 0.2) is 27.4 Å². The number of hydrogen-bond acceptors (Lipinski definition) is 12. The van der Waals surface area contributed by atoms with E-state index in [1.165, 1.54) is 0 Å². The van der Waals surface area contributed by atoms with Gasteiger partial charge in [-0.1, -0.05) is 5.92 Å². The molecule has 0 unspecified atom stereocenters. The molecule has 0 bridgehead atoms. The van der Waals surface area contributed by atoms with E-state index < -0.39 is 5.63 Å². The summed E-state index contributed by atoms with van der Waals surface area (Å²) in [6.45, 7) is 9.25. The average Bonchev–Trinajstić information content (AvgIpc) is 3.00. The maximum Gasteiger partial charge on any atom is 0.340 e. The molecular weight excluding hydrogens is 576 g/mol. The number of hydrogen-bond donors (Lipinski definition) is 2. The number of nitrogens with two attached hydrogens (primary N) is 1. The fourth-order valence-corrected chi connectivity index (χ4v) is 3.77. The van der Waals surface area contributed by atoms with Crippen LogP contribution in [0, 0.1) is 19.3 Å². The number of carbonyl (C=O) groups is 1. The Hall–Kier alpha value is -3.06. The number of aryl methyl sites for hydroxylation is 1. The summed E-state index contributed by atoms with van der Waals surface area (Å²) < 4.78 is 48.4. The fraction of sp³-hybridized carbons (Fsp3) is 0.613. The molecule has 0 spiro atoms. The van der Waals surface area contributed by atoms with Crippen LogP contribution >= 0.6 is 0 Å². The van der Waals surface area contributed by atoms with Gasteiger partial charge in [0.25, 0.3) is 0 Å². The summed E-state index contributed by atoms with van der Waals surface area (Å²) in [5, 5.41) is 3.50. The molecule has 0 fully saturated rings. The zero-order valence-electron chi connectivity index (χ0n) is 25.6. The van der Waals surface area contributed by atoms with Crippen LogP contribution in [-0.2, 0) is 49.1 Å². The maximum absolute atomic E-state index is 12.3. The van der Waals surface area contributed by atoms with Crippen molar-refractivity contribution in [1.82, 2.24) is 5.32 Å². The highest BCUT2D eigenvalue weighted by Gasteiger charge is 2.15. The molecule has 13 heteroatoms. The van der Waals surface area contributed by atoms with E-state index in [1.54, 1.807) is 25.1 Å².